The van der Waals surface area contributed by atoms with Crippen LogP contribution in [0.3, 0.4) is 0 Å². The van der Waals surface area contributed by atoms with Crippen molar-refractivity contribution in [3.63, 3.8) is 0 Å². The van der Waals surface area contributed by atoms with Gasteiger partial charge < -0.3 is 14.8 Å². The maximum absolute atomic E-state index is 11.6. The van der Waals surface area contributed by atoms with Crippen LogP contribution in [0.25, 0.3) is 0 Å². The molecular formula is C16H24N2O3. The highest BCUT2D eigenvalue weighted by molar-refractivity contribution is 5.74. The molecule has 0 spiro atoms. The van der Waals surface area contributed by atoms with E-state index in [4.69, 9.17) is 9.47 Å². The molecule has 0 radical (unpaired) electrons. The van der Waals surface area contributed by atoms with Gasteiger partial charge in [0.2, 0.25) is 0 Å². The fourth-order valence-electron chi connectivity index (χ4n) is 2.36. The third kappa shape index (κ3) is 5.02. The number of piperazine rings is 1. The van der Waals surface area contributed by atoms with Crippen LogP contribution in [0.2, 0.25) is 0 Å². The predicted molar refractivity (Wildman–Crippen MR) is 81.3 cm³/mol. The van der Waals surface area contributed by atoms with Crippen LogP contribution < -0.4 is 10.1 Å². The van der Waals surface area contributed by atoms with Crippen molar-refractivity contribution in [3.8, 4) is 5.75 Å². The summed E-state index contributed by atoms with van der Waals surface area (Å²) in [7, 11) is 0. The second-order valence-electron chi connectivity index (χ2n) is 5.19. The summed E-state index contributed by atoms with van der Waals surface area (Å²) in [6, 6.07) is 7.92. The average molecular weight is 292 g/mol. The SMILES string of the molecule is CCOC(=O)C(C)Oc1cccc(CN2CCNCC2)c1. The number of carbonyl (C=O) groups excluding carboxylic acids is 1. The number of nitrogens with zero attached hydrogens (tertiary/aromatic N) is 1. The van der Waals surface area contributed by atoms with Crippen molar-refractivity contribution in [1.29, 1.82) is 0 Å². The Morgan fingerprint density at radius 1 is 1.38 bits per heavy atom. The lowest BCUT2D eigenvalue weighted by Crippen LogP contribution is -2.42. The number of hydrogen-bond acceptors (Lipinski definition) is 5. The maximum Gasteiger partial charge on any atom is 0.347 e. The molecule has 0 aliphatic carbocycles. The van der Waals surface area contributed by atoms with Crippen molar-refractivity contribution in [3.05, 3.63) is 29.8 Å². The standard InChI is InChI=1S/C16H24N2O3/c1-3-20-16(19)13(2)21-15-6-4-5-14(11-15)12-18-9-7-17-8-10-18/h4-6,11,13,17H,3,7-10,12H2,1-2H3. The van der Waals surface area contributed by atoms with Crippen molar-refractivity contribution >= 4 is 5.97 Å². The number of hydrogen-bond donors (Lipinski definition) is 1. The Kier molecular flexibility index (Phi) is 6.02. The first kappa shape index (κ1) is 15.8. The van der Waals surface area contributed by atoms with E-state index in [1.54, 1.807) is 13.8 Å². The molecule has 1 heterocycles. The molecule has 1 aromatic carbocycles. The van der Waals surface area contributed by atoms with Crippen LogP contribution in [0.1, 0.15) is 19.4 Å². The Morgan fingerprint density at radius 2 is 2.14 bits per heavy atom. The van der Waals surface area contributed by atoms with Crippen molar-refractivity contribution < 1.29 is 14.3 Å². The maximum atomic E-state index is 11.6. The highest BCUT2D eigenvalue weighted by Gasteiger charge is 2.16. The second-order valence-corrected chi connectivity index (χ2v) is 5.19. The summed E-state index contributed by atoms with van der Waals surface area (Å²) in [6.07, 6.45) is -0.584. The average Bonchev–Trinajstić information content (AvgIpc) is 2.49. The monoisotopic (exact) mass is 292 g/mol. The summed E-state index contributed by atoms with van der Waals surface area (Å²) in [5, 5.41) is 3.34. The molecule has 1 aliphatic heterocycles. The second kappa shape index (κ2) is 8.00. The van der Waals surface area contributed by atoms with Gasteiger partial charge in [0.25, 0.3) is 0 Å². The van der Waals surface area contributed by atoms with Gasteiger partial charge >= 0.3 is 5.97 Å². The van der Waals surface area contributed by atoms with Gasteiger partial charge in [-0.1, -0.05) is 12.1 Å². The molecule has 2 rings (SSSR count). The van der Waals surface area contributed by atoms with Gasteiger partial charge in [-0.25, -0.2) is 4.79 Å². The molecule has 0 amide bonds. The predicted octanol–water partition coefficient (Wildman–Crippen LogP) is 1.42. The summed E-state index contributed by atoms with van der Waals surface area (Å²) in [5.74, 6) is 0.383. The van der Waals surface area contributed by atoms with Gasteiger partial charge in [-0.2, -0.15) is 0 Å². The zero-order valence-electron chi connectivity index (χ0n) is 12.8. The van der Waals surface area contributed by atoms with Crippen LogP contribution in [-0.4, -0.2) is 49.8 Å². The normalized spacial score (nSPS) is 17.2. The van der Waals surface area contributed by atoms with Crippen molar-refractivity contribution in [1.82, 2.24) is 10.2 Å². The van der Waals surface area contributed by atoms with E-state index in [-0.39, 0.29) is 5.97 Å². The van der Waals surface area contributed by atoms with E-state index in [1.165, 1.54) is 5.56 Å². The van der Waals surface area contributed by atoms with Crippen LogP contribution in [0.15, 0.2) is 24.3 Å². The van der Waals surface area contributed by atoms with Gasteiger partial charge in [0.05, 0.1) is 6.61 Å². The van der Waals surface area contributed by atoms with E-state index in [9.17, 15) is 4.79 Å². The van der Waals surface area contributed by atoms with Crippen LogP contribution in [-0.2, 0) is 16.1 Å². The van der Waals surface area contributed by atoms with Crippen molar-refractivity contribution in [2.45, 2.75) is 26.5 Å². The van der Waals surface area contributed by atoms with Gasteiger partial charge in [0, 0.05) is 32.7 Å². The molecular weight excluding hydrogens is 268 g/mol. The van der Waals surface area contributed by atoms with E-state index < -0.39 is 6.10 Å². The molecule has 1 fully saturated rings. The molecule has 1 atom stereocenters. The summed E-state index contributed by atoms with van der Waals surface area (Å²) < 4.78 is 10.6. The number of esters is 1. The van der Waals surface area contributed by atoms with Crippen LogP contribution >= 0.6 is 0 Å². The Labute approximate surface area is 126 Å². The quantitative estimate of drug-likeness (QED) is 0.804. The lowest BCUT2D eigenvalue weighted by Gasteiger charge is -2.27. The van der Waals surface area contributed by atoms with Gasteiger partial charge in [-0.15, -0.1) is 0 Å². The third-order valence-corrected chi connectivity index (χ3v) is 3.45. The zero-order valence-corrected chi connectivity index (χ0v) is 12.8. The first-order valence-corrected chi connectivity index (χ1v) is 7.54. The van der Waals surface area contributed by atoms with E-state index >= 15 is 0 Å². The molecule has 5 nitrogen and oxygen atoms in total. The molecule has 5 heteroatoms. The number of benzene rings is 1. The highest BCUT2D eigenvalue weighted by Crippen LogP contribution is 2.17. The van der Waals surface area contributed by atoms with Crippen LogP contribution in [0.5, 0.6) is 5.75 Å². The first-order valence-electron chi connectivity index (χ1n) is 7.54. The molecule has 0 saturated carbocycles. The smallest absolute Gasteiger partial charge is 0.347 e. The minimum Gasteiger partial charge on any atom is -0.479 e. The summed E-state index contributed by atoms with van der Waals surface area (Å²) >= 11 is 0. The van der Waals surface area contributed by atoms with E-state index in [0.717, 1.165) is 32.7 Å². The number of ether oxygens (including phenoxy) is 2. The fourth-order valence-corrected chi connectivity index (χ4v) is 2.36. The molecule has 1 saturated heterocycles. The van der Waals surface area contributed by atoms with Gasteiger partial charge in [-0.3, -0.25) is 4.90 Å². The van der Waals surface area contributed by atoms with Gasteiger partial charge in [-0.05, 0) is 31.5 Å². The molecule has 1 N–H and O–H groups in total. The largest absolute Gasteiger partial charge is 0.479 e. The van der Waals surface area contributed by atoms with Crippen molar-refractivity contribution in [2.24, 2.45) is 0 Å². The molecule has 0 aromatic heterocycles. The van der Waals surface area contributed by atoms with E-state index in [2.05, 4.69) is 16.3 Å². The lowest BCUT2D eigenvalue weighted by atomic mass is 10.2. The van der Waals surface area contributed by atoms with E-state index in [1.807, 2.05) is 18.2 Å². The number of nitrogens with one attached hydrogen (secondary N) is 1. The molecule has 1 aliphatic rings. The number of carbonyl (C=O) groups is 1. The summed E-state index contributed by atoms with van der Waals surface area (Å²) in [6.45, 7) is 8.97. The summed E-state index contributed by atoms with van der Waals surface area (Å²) in [5.41, 5.74) is 1.20. The minimum absolute atomic E-state index is 0.329. The van der Waals surface area contributed by atoms with Gasteiger partial charge in [0.1, 0.15) is 5.75 Å². The first-order chi connectivity index (χ1) is 10.2. The molecule has 116 valence electrons. The number of rotatable bonds is 6. The third-order valence-electron chi connectivity index (χ3n) is 3.45. The molecule has 1 unspecified atom stereocenters. The zero-order chi connectivity index (χ0) is 15.1. The Balaban J connectivity index is 1.92. The molecule has 21 heavy (non-hydrogen) atoms. The van der Waals surface area contributed by atoms with Crippen molar-refractivity contribution in [2.75, 3.05) is 32.8 Å². The highest BCUT2D eigenvalue weighted by atomic mass is 16.6. The topological polar surface area (TPSA) is 50.8 Å². The lowest BCUT2D eigenvalue weighted by molar-refractivity contribution is -0.150. The Morgan fingerprint density at radius 3 is 2.86 bits per heavy atom. The van der Waals surface area contributed by atoms with Crippen LogP contribution in [0, 0.1) is 0 Å². The Bertz CT molecular complexity index is 459. The van der Waals surface area contributed by atoms with Crippen LogP contribution in [0.4, 0.5) is 0 Å². The minimum atomic E-state index is -0.584. The Hall–Kier alpha value is -1.59. The summed E-state index contributed by atoms with van der Waals surface area (Å²) in [4.78, 5) is 14.0. The van der Waals surface area contributed by atoms with E-state index in [0.29, 0.717) is 12.4 Å². The fraction of sp³-hybridized carbons (Fsp3) is 0.562. The molecule has 1 aromatic rings. The molecule has 0 bridgehead atoms. The van der Waals surface area contributed by atoms with Gasteiger partial charge in [0.15, 0.2) is 6.10 Å².